The van der Waals surface area contributed by atoms with E-state index in [1.807, 2.05) is 0 Å². The largest absolute Gasteiger partial charge is 0.472 e. The van der Waals surface area contributed by atoms with E-state index in [1.54, 1.807) is 0 Å². The predicted molar refractivity (Wildman–Crippen MR) is 252 cm³/mol. The Balaban J connectivity index is 5.11. The number of hydrogen-bond donors (Lipinski definition) is 3. The molecule has 0 bridgehead atoms. The van der Waals surface area contributed by atoms with Crippen molar-refractivity contribution in [2.24, 2.45) is 5.92 Å². The molecule has 0 aliphatic rings. The van der Waals surface area contributed by atoms with Crippen LogP contribution >= 0.6 is 15.6 Å². The third kappa shape index (κ3) is 42.2. The first-order chi connectivity index (χ1) is 31.5. The van der Waals surface area contributed by atoms with Crippen molar-refractivity contribution in [3.63, 3.8) is 0 Å². The normalized spacial score (nSPS) is 14.8. The van der Waals surface area contributed by atoms with Crippen LogP contribution in [0.1, 0.15) is 214 Å². The fourth-order valence-corrected chi connectivity index (χ4v) is 8.16. The lowest BCUT2D eigenvalue weighted by Crippen LogP contribution is -2.30. The predicted octanol–water partition coefficient (Wildman–Crippen LogP) is 11.2. The van der Waals surface area contributed by atoms with Crippen LogP contribution in [-0.4, -0.2) is 96.7 Å². The van der Waals surface area contributed by atoms with E-state index < -0.39 is 97.5 Å². The molecule has 0 saturated carbocycles. The van der Waals surface area contributed by atoms with Gasteiger partial charge in [-0.3, -0.25) is 37.3 Å². The van der Waals surface area contributed by atoms with Crippen LogP contribution in [0.3, 0.4) is 0 Å². The molecule has 0 aliphatic carbocycles. The maximum Gasteiger partial charge on any atom is 0.472 e. The molecule has 0 aromatic carbocycles. The van der Waals surface area contributed by atoms with Crippen molar-refractivity contribution in [1.29, 1.82) is 0 Å². The van der Waals surface area contributed by atoms with Crippen LogP contribution < -0.4 is 0 Å². The number of unbranched alkanes of at least 4 members (excludes halogenated alkanes) is 19. The molecule has 0 rings (SSSR count). The Morgan fingerprint density at radius 2 is 0.697 bits per heavy atom. The number of esters is 4. The van der Waals surface area contributed by atoms with E-state index in [-0.39, 0.29) is 25.7 Å². The topological polar surface area (TPSA) is 237 Å². The number of hydrogen-bond acceptors (Lipinski definition) is 15. The lowest BCUT2D eigenvalue weighted by atomic mass is 10.0. The zero-order chi connectivity index (χ0) is 49.3. The van der Waals surface area contributed by atoms with E-state index in [0.29, 0.717) is 25.7 Å². The molecule has 0 aromatic heterocycles. The standard InChI is InChI=1S/C47H90O17P2/c1-6-9-12-19-25-30-44(49)57-36-42(63-46(51)32-27-21-14-11-8-3)38-61-65(53,54)59-34-41(48)35-60-66(55,56)62-39-43(37-58-45(50)31-26-20-13-10-7-2)64-47(52)33-28-23-18-16-15-17-22-24-29-40(4)5/h40-43,48H,6-39H2,1-5H3,(H,53,54)(H,55,56)/t41-,42+,43+/m0/s1. The summed E-state index contributed by atoms with van der Waals surface area (Å²) in [6.07, 6.45) is 19.6. The minimum absolute atomic E-state index is 0.0983. The third-order valence-corrected chi connectivity index (χ3v) is 12.4. The summed E-state index contributed by atoms with van der Waals surface area (Å²) < 4.78 is 66.6. The van der Waals surface area contributed by atoms with Crippen LogP contribution in [0, 0.1) is 5.92 Å². The molecule has 17 nitrogen and oxygen atoms in total. The zero-order valence-electron chi connectivity index (χ0n) is 41.3. The smallest absolute Gasteiger partial charge is 0.462 e. The molecule has 0 fully saturated rings. The molecule has 0 aromatic rings. The van der Waals surface area contributed by atoms with Gasteiger partial charge in [-0.15, -0.1) is 0 Å². The van der Waals surface area contributed by atoms with E-state index in [9.17, 15) is 43.2 Å². The molecule has 0 spiro atoms. The average molecular weight is 989 g/mol. The summed E-state index contributed by atoms with van der Waals surface area (Å²) >= 11 is 0. The van der Waals surface area contributed by atoms with Crippen molar-refractivity contribution >= 4 is 39.5 Å². The van der Waals surface area contributed by atoms with Gasteiger partial charge in [0.25, 0.3) is 0 Å². The van der Waals surface area contributed by atoms with Gasteiger partial charge in [0.2, 0.25) is 0 Å². The van der Waals surface area contributed by atoms with Crippen molar-refractivity contribution in [1.82, 2.24) is 0 Å². The van der Waals surface area contributed by atoms with Crippen molar-refractivity contribution in [3.8, 4) is 0 Å². The van der Waals surface area contributed by atoms with Crippen LogP contribution in [0.4, 0.5) is 0 Å². The number of carbonyl (C=O) groups excluding carboxylic acids is 4. The Morgan fingerprint density at radius 1 is 0.409 bits per heavy atom. The van der Waals surface area contributed by atoms with Gasteiger partial charge in [0.05, 0.1) is 26.4 Å². The molecule has 2 unspecified atom stereocenters. The fourth-order valence-electron chi connectivity index (χ4n) is 6.58. The van der Waals surface area contributed by atoms with E-state index in [2.05, 4.69) is 34.6 Å². The molecule has 0 aliphatic heterocycles. The highest BCUT2D eigenvalue weighted by molar-refractivity contribution is 7.47. The van der Waals surface area contributed by atoms with E-state index in [4.69, 9.17) is 37.0 Å². The molecule has 0 heterocycles. The number of carbonyl (C=O) groups is 4. The maximum absolute atomic E-state index is 12.8. The van der Waals surface area contributed by atoms with Crippen LogP contribution in [0.2, 0.25) is 0 Å². The van der Waals surface area contributed by atoms with Gasteiger partial charge in [-0.25, -0.2) is 9.13 Å². The maximum atomic E-state index is 12.8. The second kappa shape index (κ2) is 42.0. The van der Waals surface area contributed by atoms with Crippen molar-refractivity contribution in [3.05, 3.63) is 0 Å². The molecule has 390 valence electrons. The van der Waals surface area contributed by atoms with Gasteiger partial charge >= 0.3 is 39.5 Å². The number of aliphatic hydroxyl groups is 1. The Kier molecular flexibility index (Phi) is 40.7. The van der Waals surface area contributed by atoms with Crippen molar-refractivity contribution in [2.75, 3.05) is 39.6 Å². The Morgan fingerprint density at radius 3 is 1.03 bits per heavy atom. The summed E-state index contributed by atoms with van der Waals surface area (Å²) in [6.45, 7) is 6.74. The number of rotatable bonds is 47. The zero-order valence-corrected chi connectivity index (χ0v) is 43.1. The van der Waals surface area contributed by atoms with Gasteiger partial charge in [0.1, 0.15) is 19.3 Å². The van der Waals surface area contributed by atoms with Gasteiger partial charge < -0.3 is 33.8 Å². The monoisotopic (exact) mass is 989 g/mol. The minimum Gasteiger partial charge on any atom is -0.462 e. The summed E-state index contributed by atoms with van der Waals surface area (Å²) in [4.78, 5) is 70.6. The van der Waals surface area contributed by atoms with E-state index >= 15 is 0 Å². The average Bonchev–Trinajstić information content (AvgIpc) is 3.27. The molecule has 19 heteroatoms. The van der Waals surface area contributed by atoms with Gasteiger partial charge in [-0.2, -0.15) is 0 Å². The molecule has 0 amide bonds. The van der Waals surface area contributed by atoms with Crippen LogP contribution in [0.5, 0.6) is 0 Å². The van der Waals surface area contributed by atoms with Gasteiger partial charge in [-0.05, 0) is 31.6 Å². The second-order valence-electron chi connectivity index (χ2n) is 17.6. The highest BCUT2D eigenvalue weighted by Crippen LogP contribution is 2.45. The molecule has 66 heavy (non-hydrogen) atoms. The molecule has 5 atom stereocenters. The molecule has 0 saturated heterocycles. The summed E-state index contributed by atoms with van der Waals surface area (Å²) in [5.74, 6) is -1.47. The van der Waals surface area contributed by atoms with E-state index in [0.717, 1.165) is 109 Å². The minimum atomic E-state index is -4.92. The van der Waals surface area contributed by atoms with Crippen LogP contribution in [-0.2, 0) is 65.4 Å². The number of ether oxygens (including phenoxy) is 4. The molecular weight excluding hydrogens is 898 g/mol. The van der Waals surface area contributed by atoms with Gasteiger partial charge in [-0.1, -0.05) is 163 Å². The molecule has 0 radical (unpaired) electrons. The summed E-state index contributed by atoms with van der Waals surface area (Å²) in [5, 5.41) is 10.4. The highest BCUT2D eigenvalue weighted by Gasteiger charge is 2.30. The molecule has 3 N–H and O–H groups in total. The lowest BCUT2D eigenvalue weighted by Gasteiger charge is -2.21. The van der Waals surface area contributed by atoms with Crippen molar-refractivity contribution < 1.29 is 80.2 Å². The van der Waals surface area contributed by atoms with E-state index in [1.165, 1.54) is 25.7 Å². The lowest BCUT2D eigenvalue weighted by molar-refractivity contribution is -0.161. The van der Waals surface area contributed by atoms with Gasteiger partial charge in [0, 0.05) is 25.7 Å². The summed E-state index contributed by atoms with van der Waals surface area (Å²) in [7, 11) is -9.82. The fraction of sp³-hybridized carbons (Fsp3) is 0.915. The van der Waals surface area contributed by atoms with Crippen LogP contribution in [0.25, 0.3) is 0 Å². The second-order valence-corrected chi connectivity index (χ2v) is 20.5. The number of aliphatic hydroxyl groups excluding tert-OH is 1. The third-order valence-electron chi connectivity index (χ3n) is 10.5. The Bertz CT molecular complexity index is 1330. The highest BCUT2D eigenvalue weighted by atomic mass is 31.2. The summed E-state index contributed by atoms with van der Waals surface area (Å²) in [5.41, 5.74) is 0. The van der Waals surface area contributed by atoms with Gasteiger partial charge in [0.15, 0.2) is 12.2 Å². The summed E-state index contributed by atoms with van der Waals surface area (Å²) in [6, 6.07) is 0. The Hall–Kier alpha value is -1.94. The first-order valence-corrected chi connectivity index (χ1v) is 28.1. The molecular formula is C47H90O17P2. The number of phosphoric acid groups is 2. The number of phosphoric ester groups is 2. The van der Waals surface area contributed by atoms with Crippen LogP contribution in [0.15, 0.2) is 0 Å². The Labute approximate surface area is 397 Å². The first kappa shape index (κ1) is 64.1. The quantitative estimate of drug-likeness (QED) is 0.0222. The first-order valence-electron chi connectivity index (χ1n) is 25.1. The van der Waals surface area contributed by atoms with Crippen molar-refractivity contribution in [2.45, 2.75) is 233 Å². The SMILES string of the molecule is CCCCCCCC(=O)OC[C@H](COP(=O)(O)OC[C@H](O)COP(=O)(O)OC[C@@H](COC(=O)CCCCCCC)OC(=O)CCCCCCCCCCC(C)C)OC(=O)CCCCCCC.